The van der Waals surface area contributed by atoms with Gasteiger partial charge in [-0.3, -0.25) is 58.0 Å². The molecule has 0 aromatic heterocycles. The third kappa shape index (κ3) is 15.1. The highest BCUT2D eigenvalue weighted by atomic mass is 16.4. The number of carbonyl (C=O) groups excluding carboxylic acids is 3. The molecule has 6 N–H and O–H groups in total. The Morgan fingerprint density at radius 1 is 0.714 bits per heavy atom. The molecular weight excluding hydrogens is 650 g/mol. The van der Waals surface area contributed by atoms with Crippen LogP contribution in [0.25, 0.3) is 0 Å². The first-order valence-corrected chi connectivity index (χ1v) is 15.0. The Morgan fingerprint density at radius 3 is 1.63 bits per heavy atom. The molecule has 3 amide bonds. The van der Waals surface area contributed by atoms with E-state index in [9.17, 15) is 63.9 Å². The molecule has 1 heterocycles. The SMILES string of the molecule is CC(C)(CN(CC(=O)O)CC(=O)O)CN(CC(=O)O)CC(Cc1ccc(NC(=O)CCN2C(=O)C=CC2=O)cc1)N(CC(=O)O)CC(=O)O. The molecule has 0 bridgehead atoms. The van der Waals surface area contributed by atoms with Crippen molar-refractivity contribution < 1.29 is 63.9 Å². The number of amides is 3. The largest absolute Gasteiger partial charge is 0.480 e. The van der Waals surface area contributed by atoms with Gasteiger partial charge in [-0.1, -0.05) is 26.0 Å². The van der Waals surface area contributed by atoms with Gasteiger partial charge in [0.25, 0.3) is 11.8 Å². The lowest BCUT2D eigenvalue weighted by atomic mass is 9.91. The molecule has 1 aromatic carbocycles. The second kappa shape index (κ2) is 18.4. The fourth-order valence-electron chi connectivity index (χ4n) is 5.54. The summed E-state index contributed by atoms with van der Waals surface area (Å²) >= 11 is 0. The van der Waals surface area contributed by atoms with Crippen molar-refractivity contribution in [1.82, 2.24) is 19.6 Å². The maximum atomic E-state index is 12.4. The Labute approximate surface area is 281 Å². The standard InChI is InChI=1S/C31H41N5O13/c1-31(2,19-34(14-27(42)43)15-28(44)45)18-33(13-26(40)41)12-22(35(16-29(46)47)17-30(48)49)11-20-3-5-21(6-4-20)32-23(37)9-10-36-24(38)7-8-25(36)39/h3-8,22H,9-19H2,1-2H3,(H,32,37)(H,40,41)(H,42,43)(H,44,45)(H,46,47)(H,48,49). The molecular formula is C31H41N5O13. The Balaban J connectivity index is 2.27. The molecule has 2 rings (SSSR count). The first-order chi connectivity index (χ1) is 22.8. The van der Waals surface area contributed by atoms with E-state index in [-0.39, 0.29) is 39.0 Å². The highest BCUT2D eigenvalue weighted by Crippen LogP contribution is 2.22. The summed E-state index contributed by atoms with van der Waals surface area (Å²) in [4.78, 5) is 98.5. The van der Waals surface area contributed by atoms with Gasteiger partial charge in [-0.15, -0.1) is 0 Å². The van der Waals surface area contributed by atoms with Crippen molar-refractivity contribution in [3.8, 4) is 0 Å². The molecule has 1 aromatic rings. The van der Waals surface area contributed by atoms with Crippen LogP contribution in [0.3, 0.4) is 0 Å². The smallest absolute Gasteiger partial charge is 0.317 e. The first kappa shape index (κ1) is 40.0. The van der Waals surface area contributed by atoms with Gasteiger partial charge in [-0.25, -0.2) is 0 Å². The summed E-state index contributed by atoms with van der Waals surface area (Å²) in [5.41, 5.74) is 0.0878. The second-order valence-electron chi connectivity index (χ2n) is 12.4. The Kier molecular flexibility index (Phi) is 15.0. The lowest BCUT2D eigenvalue weighted by Crippen LogP contribution is -2.52. The average molecular weight is 692 g/mol. The van der Waals surface area contributed by atoms with Crippen molar-refractivity contribution in [2.75, 3.05) is 64.2 Å². The summed E-state index contributed by atoms with van der Waals surface area (Å²) in [6.07, 6.45) is 2.13. The molecule has 0 saturated carbocycles. The van der Waals surface area contributed by atoms with Crippen LogP contribution in [0.15, 0.2) is 36.4 Å². The van der Waals surface area contributed by atoms with Crippen molar-refractivity contribution >= 4 is 53.3 Å². The van der Waals surface area contributed by atoms with Crippen LogP contribution in [0.4, 0.5) is 5.69 Å². The van der Waals surface area contributed by atoms with Crippen LogP contribution < -0.4 is 5.32 Å². The van der Waals surface area contributed by atoms with Crippen molar-refractivity contribution in [2.45, 2.75) is 32.7 Å². The zero-order valence-electron chi connectivity index (χ0n) is 27.1. The third-order valence-corrected chi connectivity index (χ3v) is 7.21. The van der Waals surface area contributed by atoms with Gasteiger partial charge in [0, 0.05) is 56.5 Å². The van der Waals surface area contributed by atoms with E-state index < -0.39 is 91.7 Å². The Hall–Kier alpha value is -5.20. The predicted molar refractivity (Wildman–Crippen MR) is 169 cm³/mol. The van der Waals surface area contributed by atoms with E-state index in [1.165, 1.54) is 14.7 Å². The van der Waals surface area contributed by atoms with Gasteiger partial charge in [-0.2, -0.15) is 0 Å². The fraction of sp³-hybridized carbons (Fsp3) is 0.484. The molecule has 0 saturated heterocycles. The van der Waals surface area contributed by atoms with E-state index in [4.69, 9.17) is 0 Å². The Morgan fingerprint density at radius 2 is 1.16 bits per heavy atom. The molecule has 1 unspecified atom stereocenters. The van der Waals surface area contributed by atoms with Crippen molar-refractivity contribution in [2.24, 2.45) is 5.41 Å². The van der Waals surface area contributed by atoms with E-state index in [1.54, 1.807) is 38.1 Å². The summed E-state index contributed by atoms with van der Waals surface area (Å²) < 4.78 is 0. The quantitative estimate of drug-likeness (QED) is 0.0768. The van der Waals surface area contributed by atoms with Crippen LogP contribution >= 0.6 is 0 Å². The number of nitrogens with zero attached hydrogens (tertiary/aromatic N) is 4. The van der Waals surface area contributed by atoms with E-state index >= 15 is 0 Å². The topological polar surface area (TPSA) is 263 Å². The van der Waals surface area contributed by atoms with Gasteiger partial charge in [0.1, 0.15) is 0 Å². The minimum Gasteiger partial charge on any atom is -0.480 e. The molecule has 1 atom stereocenters. The molecule has 1 aliphatic heterocycles. The van der Waals surface area contributed by atoms with Crippen LogP contribution in [0.2, 0.25) is 0 Å². The number of imide groups is 1. The summed E-state index contributed by atoms with van der Waals surface area (Å²) in [5.74, 6) is -7.88. The molecule has 0 spiro atoms. The molecule has 18 nitrogen and oxygen atoms in total. The second-order valence-corrected chi connectivity index (χ2v) is 12.4. The van der Waals surface area contributed by atoms with E-state index in [2.05, 4.69) is 5.32 Å². The highest BCUT2D eigenvalue weighted by Gasteiger charge is 2.32. The molecule has 268 valence electrons. The third-order valence-electron chi connectivity index (χ3n) is 7.21. The average Bonchev–Trinajstić information content (AvgIpc) is 3.26. The van der Waals surface area contributed by atoms with Crippen LogP contribution in [0.5, 0.6) is 0 Å². The van der Waals surface area contributed by atoms with Gasteiger partial charge >= 0.3 is 29.8 Å². The first-order valence-electron chi connectivity index (χ1n) is 15.0. The minimum atomic E-state index is -1.32. The maximum absolute atomic E-state index is 12.4. The molecule has 49 heavy (non-hydrogen) atoms. The molecule has 0 fully saturated rings. The van der Waals surface area contributed by atoms with Crippen molar-refractivity contribution in [1.29, 1.82) is 0 Å². The van der Waals surface area contributed by atoms with Crippen molar-refractivity contribution in [3.05, 3.63) is 42.0 Å². The number of carbonyl (C=O) groups is 8. The zero-order chi connectivity index (χ0) is 36.9. The monoisotopic (exact) mass is 691 g/mol. The zero-order valence-corrected chi connectivity index (χ0v) is 27.1. The number of rotatable bonds is 23. The number of hydrogen-bond acceptors (Lipinski definition) is 11. The molecule has 18 heteroatoms. The number of nitrogens with one attached hydrogen (secondary N) is 1. The summed E-state index contributed by atoms with van der Waals surface area (Å²) in [5, 5.41) is 49.9. The molecule has 0 radical (unpaired) electrons. The van der Waals surface area contributed by atoms with Gasteiger partial charge in [-0.05, 0) is 29.5 Å². The van der Waals surface area contributed by atoms with Crippen molar-refractivity contribution in [3.63, 3.8) is 0 Å². The van der Waals surface area contributed by atoms with Gasteiger partial charge in [0.05, 0.1) is 32.7 Å². The number of carboxylic acids is 5. The fourth-order valence-corrected chi connectivity index (χ4v) is 5.54. The van der Waals surface area contributed by atoms with E-state index in [1.807, 2.05) is 0 Å². The van der Waals surface area contributed by atoms with E-state index in [0.717, 1.165) is 17.1 Å². The lowest BCUT2D eigenvalue weighted by Gasteiger charge is -2.38. The predicted octanol–water partition coefficient (Wildman–Crippen LogP) is -0.793. The highest BCUT2D eigenvalue weighted by molar-refractivity contribution is 6.13. The van der Waals surface area contributed by atoms with Crippen LogP contribution in [0, 0.1) is 5.41 Å². The molecule has 1 aliphatic rings. The van der Waals surface area contributed by atoms with Crippen LogP contribution in [-0.2, 0) is 44.8 Å². The van der Waals surface area contributed by atoms with E-state index in [0.29, 0.717) is 11.3 Å². The Bertz CT molecular complexity index is 1390. The summed E-state index contributed by atoms with van der Waals surface area (Å²) in [7, 11) is 0. The van der Waals surface area contributed by atoms with Gasteiger partial charge in [0.2, 0.25) is 5.91 Å². The minimum absolute atomic E-state index is 0.00479. The van der Waals surface area contributed by atoms with Gasteiger partial charge < -0.3 is 30.8 Å². The summed E-state index contributed by atoms with van der Waals surface area (Å²) in [6, 6.07) is 5.46. The maximum Gasteiger partial charge on any atom is 0.317 e. The number of aliphatic carboxylic acids is 5. The van der Waals surface area contributed by atoms with Crippen LogP contribution in [-0.4, -0.2) is 158 Å². The van der Waals surface area contributed by atoms with Crippen LogP contribution in [0.1, 0.15) is 25.8 Å². The lowest BCUT2D eigenvalue weighted by molar-refractivity contribution is -0.145. The molecule has 0 aliphatic carbocycles. The number of hydrogen-bond donors (Lipinski definition) is 6. The summed E-state index contributed by atoms with van der Waals surface area (Å²) in [6.45, 7) is 0.0221. The number of benzene rings is 1. The number of anilines is 1. The number of carboxylic acid groups (broad SMARTS) is 5. The van der Waals surface area contributed by atoms with Gasteiger partial charge in [0.15, 0.2) is 0 Å². The normalized spacial score (nSPS) is 13.7.